The van der Waals surface area contributed by atoms with Crippen LogP contribution in [0.15, 0.2) is 60.9 Å². The molecular weight excluding hydrogens is 290 g/mol. The number of allylic oxidation sites excluding steroid dienone is 1. The lowest BCUT2D eigenvalue weighted by Crippen LogP contribution is -2.12. The Morgan fingerprint density at radius 1 is 0.826 bits per heavy atom. The maximum atomic E-state index is 13.0. The lowest BCUT2D eigenvalue weighted by molar-refractivity contribution is 0.327. The Labute approximate surface area is 136 Å². The maximum Gasteiger partial charge on any atom is 0.123 e. The van der Waals surface area contributed by atoms with E-state index in [4.69, 9.17) is 0 Å². The fourth-order valence-corrected chi connectivity index (χ4v) is 3.57. The molecule has 3 rings (SSSR count). The molecule has 2 aromatic carbocycles. The summed E-state index contributed by atoms with van der Waals surface area (Å²) in [6, 6.07) is 15.3. The Hall–Kier alpha value is -1.96. The maximum absolute atomic E-state index is 13.0. The second-order valence-corrected chi connectivity index (χ2v) is 6.44. The van der Waals surface area contributed by atoms with Crippen molar-refractivity contribution in [2.75, 3.05) is 0 Å². The Kier molecular flexibility index (Phi) is 5.22. The highest BCUT2D eigenvalue weighted by atomic mass is 19.1. The molecule has 1 saturated carbocycles. The molecule has 120 valence electrons. The highest BCUT2D eigenvalue weighted by Gasteiger charge is 2.21. The number of hydrogen-bond acceptors (Lipinski definition) is 0. The van der Waals surface area contributed by atoms with E-state index >= 15 is 0 Å². The van der Waals surface area contributed by atoms with Crippen LogP contribution >= 0.6 is 0 Å². The largest absolute Gasteiger partial charge is 0.216 e. The van der Waals surface area contributed by atoms with Crippen molar-refractivity contribution in [2.24, 2.45) is 5.92 Å². The molecule has 0 radical (unpaired) electrons. The summed E-state index contributed by atoms with van der Waals surface area (Å²) < 4.78 is 25.1. The van der Waals surface area contributed by atoms with Crippen LogP contribution in [-0.2, 0) is 0 Å². The van der Waals surface area contributed by atoms with Crippen LogP contribution < -0.4 is 0 Å². The van der Waals surface area contributed by atoms with Crippen LogP contribution in [0.25, 0.3) is 11.1 Å². The number of benzene rings is 2. The van der Waals surface area contributed by atoms with Gasteiger partial charge in [0, 0.05) is 0 Å². The predicted octanol–water partition coefficient (Wildman–Crippen LogP) is 6.64. The molecule has 2 aromatic rings. The minimum Gasteiger partial charge on any atom is -0.216 e. The Balaban J connectivity index is 1.63. The van der Waals surface area contributed by atoms with Gasteiger partial charge in [0.25, 0.3) is 0 Å². The summed E-state index contributed by atoms with van der Waals surface area (Å²) in [5.41, 5.74) is 3.55. The third kappa shape index (κ3) is 4.07. The van der Waals surface area contributed by atoms with Gasteiger partial charge in [0.05, 0.1) is 6.33 Å². The number of halogens is 2. The van der Waals surface area contributed by atoms with Crippen LogP contribution in [0.4, 0.5) is 8.78 Å². The van der Waals surface area contributed by atoms with E-state index in [2.05, 4.69) is 24.3 Å². The molecule has 0 bridgehead atoms. The molecule has 0 aliphatic heterocycles. The highest BCUT2D eigenvalue weighted by molar-refractivity contribution is 5.63. The lowest BCUT2D eigenvalue weighted by atomic mass is 9.77. The normalized spacial score (nSPS) is 21.7. The first-order valence-electron chi connectivity index (χ1n) is 8.37. The zero-order chi connectivity index (χ0) is 16.1. The lowest BCUT2D eigenvalue weighted by Gasteiger charge is -2.28. The SMILES string of the molecule is FC=CC[C@H]1CC[C@H](c2ccc(-c3ccc(F)cc3)cc2)CC1. The molecule has 23 heavy (non-hydrogen) atoms. The van der Waals surface area contributed by atoms with Crippen LogP contribution in [0.3, 0.4) is 0 Å². The number of hydrogen-bond donors (Lipinski definition) is 0. The molecule has 0 aromatic heterocycles. The zero-order valence-corrected chi connectivity index (χ0v) is 13.2. The predicted molar refractivity (Wildman–Crippen MR) is 91.4 cm³/mol. The van der Waals surface area contributed by atoms with Crippen molar-refractivity contribution in [3.05, 3.63) is 72.3 Å². The van der Waals surface area contributed by atoms with Crippen LogP contribution in [0.5, 0.6) is 0 Å². The number of rotatable bonds is 4. The van der Waals surface area contributed by atoms with Gasteiger partial charge in [-0.05, 0) is 72.8 Å². The van der Waals surface area contributed by atoms with E-state index in [1.165, 1.54) is 43.4 Å². The summed E-state index contributed by atoms with van der Waals surface area (Å²) in [7, 11) is 0. The average molecular weight is 312 g/mol. The van der Waals surface area contributed by atoms with Gasteiger partial charge in [-0.2, -0.15) is 0 Å². The van der Waals surface area contributed by atoms with Gasteiger partial charge in [0.1, 0.15) is 5.82 Å². The van der Waals surface area contributed by atoms with Crippen LogP contribution in [0.2, 0.25) is 0 Å². The molecule has 0 spiro atoms. The molecular formula is C21H22F2. The molecule has 0 amide bonds. The van der Waals surface area contributed by atoms with Crippen molar-refractivity contribution in [1.82, 2.24) is 0 Å². The van der Waals surface area contributed by atoms with Gasteiger partial charge < -0.3 is 0 Å². The van der Waals surface area contributed by atoms with Crippen molar-refractivity contribution in [3.63, 3.8) is 0 Å². The second kappa shape index (κ2) is 7.54. The third-order valence-electron chi connectivity index (χ3n) is 4.96. The summed E-state index contributed by atoms with van der Waals surface area (Å²) in [5, 5.41) is 0. The van der Waals surface area contributed by atoms with Crippen molar-refractivity contribution in [1.29, 1.82) is 0 Å². The Bertz CT molecular complexity index is 633. The first-order chi connectivity index (χ1) is 11.3. The van der Waals surface area contributed by atoms with Crippen molar-refractivity contribution < 1.29 is 8.78 Å². The minimum absolute atomic E-state index is 0.204. The van der Waals surface area contributed by atoms with Gasteiger partial charge in [-0.25, -0.2) is 8.78 Å². The smallest absolute Gasteiger partial charge is 0.123 e. The summed E-state index contributed by atoms with van der Waals surface area (Å²) in [4.78, 5) is 0. The molecule has 1 aliphatic carbocycles. The van der Waals surface area contributed by atoms with Gasteiger partial charge in [0.15, 0.2) is 0 Å². The quantitative estimate of drug-likeness (QED) is 0.593. The first kappa shape index (κ1) is 15.9. The third-order valence-corrected chi connectivity index (χ3v) is 4.96. The average Bonchev–Trinajstić information content (AvgIpc) is 2.61. The van der Waals surface area contributed by atoms with E-state index < -0.39 is 0 Å². The van der Waals surface area contributed by atoms with Gasteiger partial charge in [0.2, 0.25) is 0 Å². The molecule has 1 fully saturated rings. The van der Waals surface area contributed by atoms with Crippen molar-refractivity contribution >= 4 is 0 Å². The van der Waals surface area contributed by atoms with E-state index in [0.29, 0.717) is 18.2 Å². The summed E-state index contributed by atoms with van der Waals surface area (Å²) in [6.45, 7) is 0. The molecule has 0 heterocycles. The van der Waals surface area contributed by atoms with E-state index in [1.807, 2.05) is 12.1 Å². The summed E-state index contributed by atoms with van der Waals surface area (Å²) in [5.74, 6) is 1.05. The Morgan fingerprint density at radius 3 is 1.96 bits per heavy atom. The van der Waals surface area contributed by atoms with Crippen LogP contribution in [-0.4, -0.2) is 0 Å². The highest BCUT2D eigenvalue weighted by Crippen LogP contribution is 2.37. The molecule has 0 nitrogen and oxygen atoms in total. The van der Waals surface area contributed by atoms with Gasteiger partial charge in [-0.15, -0.1) is 0 Å². The van der Waals surface area contributed by atoms with Crippen LogP contribution in [0.1, 0.15) is 43.6 Å². The van der Waals surface area contributed by atoms with E-state index in [-0.39, 0.29) is 5.82 Å². The summed E-state index contributed by atoms with van der Waals surface area (Å²) >= 11 is 0. The topological polar surface area (TPSA) is 0 Å². The van der Waals surface area contributed by atoms with Gasteiger partial charge >= 0.3 is 0 Å². The van der Waals surface area contributed by atoms with Gasteiger partial charge in [-0.3, -0.25) is 0 Å². The van der Waals surface area contributed by atoms with E-state index in [1.54, 1.807) is 6.08 Å². The summed E-state index contributed by atoms with van der Waals surface area (Å²) in [6.07, 6.45) is 7.89. The fraction of sp³-hybridized carbons (Fsp3) is 0.333. The molecule has 0 unspecified atom stereocenters. The monoisotopic (exact) mass is 312 g/mol. The minimum atomic E-state index is -0.204. The van der Waals surface area contributed by atoms with Crippen molar-refractivity contribution in [3.8, 4) is 11.1 Å². The standard InChI is InChI=1S/C21H22F2/c22-15-1-2-16-3-5-17(6-4-16)18-7-9-19(10-8-18)20-11-13-21(23)14-12-20/h1,7-17H,2-6H2/t16-,17-. The molecule has 2 heteroatoms. The second-order valence-electron chi connectivity index (χ2n) is 6.44. The van der Waals surface area contributed by atoms with E-state index in [9.17, 15) is 8.78 Å². The zero-order valence-electron chi connectivity index (χ0n) is 13.2. The molecule has 0 atom stereocenters. The molecule has 1 aliphatic rings. The molecule has 0 N–H and O–H groups in total. The van der Waals surface area contributed by atoms with Gasteiger partial charge in [-0.1, -0.05) is 42.5 Å². The fourth-order valence-electron chi connectivity index (χ4n) is 3.57. The molecule has 0 saturated heterocycles. The van der Waals surface area contributed by atoms with E-state index in [0.717, 1.165) is 17.5 Å². The van der Waals surface area contributed by atoms with Crippen LogP contribution in [0, 0.1) is 11.7 Å². The van der Waals surface area contributed by atoms with Crippen molar-refractivity contribution in [2.45, 2.75) is 38.0 Å². The Morgan fingerprint density at radius 2 is 1.39 bits per heavy atom. The first-order valence-corrected chi connectivity index (χ1v) is 8.37.